The molecule has 2 aromatic rings. The first-order valence-electron chi connectivity index (χ1n) is 8.85. The zero-order valence-electron chi connectivity index (χ0n) is 15.3. The normalized spacial score (nSPS) is 17.3. The third-order valence-corrected chi connectivity index (χ3v) is 4.67. The van der Waals surface area contributed by atoms with E-state index in [2.05, 4.69) is 10.3 Å². The number of aromatic nitrogens is 1. The van der Waals surface area contributed by atoms with Crippen molar-refractivity contribution in [3.05, 3.63) is 59.2 Å². The van der Waals surface area contributed by atoms with Crippen LogP contribution < -0.4 is 10.2 Å². The SMILES string of the molecule is O=C(Cc1ccc(C(F)(F)F)c(F)c1)NC1CCN(c2cncc(C(F)(F)F)c2)C1. The van der Waals surface area contributed by atoms with E-state index in [-0.39, 0.29) is 30.3 Å². The summed E-state index contributed by atoms with van der Waals surface area (Å²) in [5.41, 5.74) is -1.94. The van der Waals surface area contributed by atoms with Crippen LogP contribution in [0.4, 0.5) is 36.4 Å². The fourth-order valence-corrected chi connectivity index (χ4v) is 3.23. The van der Waals surface area contributed by atoms with E-state index in [9.17, 15) is 35.5 Å². The number of anilines is 1. The Morgan fingerprint density at radius 2 is 1.83 bits per heavy atom. The van der Waals surface area contributed by atoms with Gasteiger partial charge in [0.2, 0.25) is 5.91 Å². The van der Waals surface area contributed by atoms with Crippen molar-refractivity contribution < 1.29 is 35.5 Å². The molecule has 11 heteroatoms. The number of nitrogens with one attached hydrogen (secondary N) is 1. The van der Waals surface area contributed by atoms with E-state index in [1.54, 1.807) is 4.90 Å². The summed E-state index contributed by atoms with van der Waals surface area (Å²) in [6.07, 6.45) is -7.18. The predicted octanol–water partition coefficient (Wildman–Crippen LogP) is 4.20. The number of hydrogen-bond acceptors (Lipinski definition) is 3. The zero-order valence-corrected chi connectivity index (χ0v) is 15.3. The van der Waals surface area contributed by atoms with Crippen molar-refractivity contribution in [2.75, 3.05) is 18.0 Å². The Kier molecular flexibility index (Phi) is 5.91. The molecular weight excluding hydrogens is 419 g/mol. The van der Waals surface area contributed by atoms with Crippen LogP contribution >= 0.6 is 0 Å². The van der Waals surface area contributed by atoms with Crippen LogP contribution in [0.3, 0.4) is 0 Å². The monoisotopic (exact) mass is 435 g/mol. The van der Waals surface area contributed by atoms with Gasteiger partial charge < -0.3 is 10.2 Å². The molecule has 0 bridgehead atoms. The predicted molar refractivity (Wildman–Crippen MR) is 93.1 cm³/mol. The molecule has 1 aromatic heterocycles. The van der Waals surface area contributed by atoms with E-state index in [1.807, 2.05) is 0 Å². The van der Waals surface area contributed by atoms with Crippen molar-refractivity contribution in [2.45, 2.75) is 31.2 Å². The van der Waals surface area contributed by atoms with Crippen LogP contribution in [0.1, 0.15) is 23.1 Å². The molecule has 0 spiro atoms. The van der Waals surface area contributed by atoms with Crippen molar-refractivity contribution >= 4 is 11.6 Å². The molecule has 1 unspecified atom stereocenters. The molecule has 1 fully saturated rings. The standard InChI is InChI=1S/C19H16F7N3O/c20-16-5-11(1-2-15(16)19(24,25)26)6-17(30)28-13-3-4-29(10-13)14-7-12(8-27-9-14)18(21,22)23/h1-2,5,7-9,13H,3-4,6,10H2,(H,28,30). The van der Waals surface area contributed by atoms with Gasteiger partial charge in [0.05, 0.1) is 29.4 Å². The fraction of sp³-hybridized carbons (Fsp3) is 0.368. The summed E-state index contributed by atoms with van der Waals surface area (Å²) in [5.74, 6) is -1.99. The number of rotatable bonds is 4. The van der Waals surface area contributed by atoms with Gasteiger partial charge in [0, 0.05) is 25.3 Å². The molecule has 0 aliphatic carbocycles. The molecule has 1 aromatic carbocycles. The number of pyridine rings is 1. The first kappa shape index (κ1) is 21.8. The molecular formula is C19H16F7N3O. The number of hydrogen-bond donors (Lipinski definition) is 1. The average molecular weight is 435 g/mol. The third kappa shape index (κ3) is 5.19. The van der Waals surface area contributed by atoms with Crippen LogP contribution in [0.15, 0.2) is 36.7 Å². The Labute approximate surface area is 166 Å². The second-order valence-corrected chi connectivity index (χ2v) is 6.92. The zero-order chi connectivity index (χ0) is 22.1. The van der Waals surface area contributed by atoms with Crippen LogP contribution in [0, 0.1) is 5.82 Å². The van der Waals surface area contributed by atoms with E-state index in [0.29, 0.717) is 25.1 Å². The second kappa shape index (κ2) is 8.11. The highest BCUT2D eigenvalue weighted by Gasteiger charge is 2.34. The first-order chi connectivity index (χ1) is 13.9. The summed E-state index contributed by atoms with van der Waals surface area (Å²) in [7, 11) is 0. The quantitative estimate of drug-likeness (QED) is 0.733. The van der Waals surface area contributed by atoms with Crippen LogP contribution in [-0.4, -0.2) is 30.0 Å². The van der Waals surface area contributed by atoms with Gasteiger partial charge in [-0.05, 0) is 30.2 Å². The van der Waals surface area contributed by atoms with Gasteiger partial charge in [-0.15, -0.1) is 0 Å². The maximum absolute atomic E-state index is 13.6. The number of halogens is 7. The van der Waals surface area contributed by atoms with Gasteiger partial charge in [-0.1, -0.05) is 6.07 Å². The lowest BCUT2D eigenvalue weighted by Crippen LogP contribution is -2.38. The van der Waals surface area contributed by atoms with E-state index >= 15 is 0 Å². The van der Waals surface area contributed by atoms with Gasteiger partial charge in [-0.3, -0.25) is 9.78 Å². The summed E-state index contributed by atoms with van der Waals surface area (Å²) >= 11 is 0. The number of benzene rings is 1. The van der Waals surface area contributed by atoms with Gasteiger partial charge in [0.25, 0.3) is 0 Å². The lowest BCUT2D eigenvalue weighted by atomic mass is 10.1. The van der Waals surface area contributed by atoms with Crippen molar-refractivity contribution in [1.29, 1.82) is 0 Å². The molecule has 1 aliphatic rings. The minimum absolute atomic E-state index is 0.0786. The van der Waals surface area contributed by atoms with E-state index in [0.717, 1.165) is 18.3 Å². The Morgan fingerprint density at radius 3 is 2.47 bits per heavy atom. The van der Waals surface area contributed by atoms with E-state index < -0.39 is 35.2 Å². The molecule has 1 aliphatic heterocycles. The number of carbonyl (C=O) groups is 1. The highest BCUT2D eigenvalue weighted by Crippen LogP contribution is 2.32. The molecule has 30 heavy (non-hydrogen) atoms. The summed E-state index contributed by atoms with van der Waals surface area (Å²) in [5, 5.41) is 2.67. The molecule has 1 atom stereocenters. The highest BCUT2D eigenvalue weighted by molar-refractivity contribution is 5.79. The number of amides is 1. The lowest BCUT2D eigenvalue weighted by molar-refractivity contribution is -0.140. The minimum atomic E-state index is -4.82. The molecule has 3 rings (SSSR count). The molecule has 0 radical (unpaired) electrons. The maximum atomic E-state index is 13.6. The van der Waals surface area contributed by atoms with Gasteiger partial charge in [0.1, 0.15) is 5.82 Å². The molecule has 1 N–H and O–H groups in total. The Balaban J connectivity index is 1.58. The molecule has 4 nitrogen and oxygen atoms in total. The summed E-state index contributed by atoms with van der Waals surface area (Å²) in [6.45, 7) is 0.638. The van der Waals surface area contributed by atoms with Crippen LogP contribution in [0.25, 0.3) is 0 Å². The third-order valence-electron chi connectivity index (χ3n) is 4.67. The lowest BCUT2D eigenvalue weighted by Gasteiger charge is -2.20. The van der Waals surface area contributed by atoms with Crippen LogP contribution in [-0.2, 0) is 23.6 Å². The van der Waals surface area contributed by atoms with Crippen molar-refractivity contribution in [3.63, 3.8) is 0 Å². The molecule has 2 heterocycles. The largest absolute Gasteiger partial charge is 0.419 e. The highest BCUT2D eigenvalue weighted by atomic mass is 19.4. The van der Waals surface area contributed by atoms with Crippen LogP contribution in [0.5, 0.6) is 0 Å². The molecule has 0 saturated carbocycles. The minimum Gasteiger partial charge on any atom is -0.368 e. The molecule has 162 valence electrons. The van der Waals surface area contributed by atoms with Crippen molar-refractivity contribution in [1.82, 2.24) is 10.3 Å². The average Bonchev–Trinajstić information content (AvgIpc) is 3.08. The Morgan fingerprint density at radius 1 is 1.10 bits per heavy atom. The Hall–Kier alpha value is -2.85. The molecule has 1 amide bonds. The first-order valence-corrected chi connectivity index (χ1v) is 8.85. The van der Waals surface area contributed by atoms with Gasteiger partial charge >= 0.3 is 12.4 Å². The number of nitrogens with zero attached hydrogens (tertiary/aromatic N) is 2. The topological polar surface area (TPSA) is 45.2 Å². The van der Waals surface area contributed by atoms with Crippen molar-refractivity contribution in [2.24, 2.45) is 0 Å². The number of carbonyl (C=O) groups excluding carboxylic acids is 1. The van der Waals surface area contributed by atoms with E-state index in [1.165, 1.54) is 6.20 Å². The van der Waals surface area contributed by atoms with Gasteiger partial charge in [-0.25, -0.2) is 4.39 Å². The summed E-state index contributed by atoms with van der Waals surface area (Å²) < 4.78 is 89.9. The number of alkyl halides is 6. The van der Waals surface area contributed by atoms with Crippen LogP contribution in [0.2, 0.25) is 0 Å². The van der Waals surface area contributed by atoms with E-state index in [4.69, 9.17) is 0 Å². The molecule has 1 saturated heterocycles. The fourth-order valence-electron chi connectivity index (χ4n) is 3.23. The summed E-state index contributed by atoms with van der Waals surface area (Å²) in [4.78, 5) is 17.4. The van der Waals surface area contributed by atoms with Gasteiger partial charge in [-0.2, -0.15) is 26.3 Å². The maximum Gasteiger partial charge on any atom is 0.419 e. The second-order valence-electron chi connectivity index (χ2n) is 6.92. The van der Waals surface area contributed by atoms with Crippen molar-refractivity contribution in [3.8, 4) is 0 Å². The van der Waals surface area contributed by atoms with Gasteiger partial charge in [0.15, 0.2) is 0 Å². The Bertz CT molecular complexity index is 927. The smallest absolute Gasteiger partial charge is 0.368 e. The summed E-state index contributed by atoms with van der Waals surface area (Å²) in [6, 6.07) is 2.88.